The Morgan fingerprint density at radius 2 is 1.93 bits per heavy atom. The third-order valence-corrected chi connectivity index (χ3v) is 3.98. The van der Waals surface area contributed by atoms with E-state index in [9.17, 15) is 8.42 Å². The monoisotopic (exact) mass is 219 g/mol. The molecule has 0 radical (unpaired) electrons. The van der Waals surface area contributed by atoms with E-state index in [0.717, 1.165) is 25.9 Å². The van der Waals surface area contributed by atoms with E-state index in [4.69, 9.17) is 0 Å². The van der Waals surface area contributed by atoms with Gasteiger partial charge in [0.1, 0.15) is 0 Å². The molecule has 1 saturated carbocycles. The molecule has 3 N–H and O–H groups in total. The molecule has 2 fully saturated rings. The smallest absolute Gasteiger partial charge is 0.277 e. The molecule has 1 aliphatic carbocycles. The van der Waals surface area contributed by atoms with Crippen LogP contribution in [-0.4, -0.2) is 33.6 Å². The van der Waals surface area contributed by atoms with Crippen LogP contribution < -0.4 is 14.8 Å². The highest BCUT2D eigenvalue weighted by atomic mass is 32.2. The predicted octanol–water partition coefficient (Wildman–Crippen LogP) is -0.819. The van der Waals surface area contributed by atoms with Crippen molar-refractivity contribution in [2.75, 3.05) is 13.1 Å². The van der Waals surface area contributed by atoms with Gasteiger partial charge in [0, 0.05) is 18.6 Å². The molecule has 0 aromatic rings. The first kappa shape index (κ1) is 10.4. The molecule has 82 valence electrons. The van der Waals surface area contributed by atoms with Gasteiger partial charge in [-0.15, -0.1) is 0 Å². The van der Waals surface area contributed by atoms with Gasteiger partial charge in [-0.2, -0.15) is 17.9 Å². The molecule has 6 heteroatoms. The van der Waals surface area contributed by atoms with Crippen molar-refractivity contribution in [3.63, 3.8) is 0 Å². The first-order chi connectivity index (χ1) is 6.57. The molecule has 0 aromatic heterocycles. The Bertz CT molecular complexity index is 300. The third kappa shape index (κ3) is 2.66. The lowest BCUT2D eigenvalue weighted by molar-refractivity contribution is 0.495. The predicted molar refractivity (Wildman–Crippen MR) is 54.0 cm³/mol. The molecule has 0 spiro atoms. The van der Waals surface area contributed by atoms with E-state index in [0.29, 0.717) is 5.92 Å². The summed E-state index contributed by atoms with van der Waals surface area (Å²) in [6.07, 6.45) is 1.94. The Hall–Kier alpha value is -0.170. The zero-order chi connectivity index (χ0) is 10.2. The highest BCUT2D eigenvalue weighted by molar-refractivity contribution is 7.87. The highest BCUT2D eigenvalue weighted by Crippen LogP contribution is 2.19. The molecule has 1 saturated heterocycles. The van der Waals surface area contributed by atoms with Crippen molar-refractivity contribution < 1.29 is 8.42 Å². The number of hydrogen-bond acceptors (Lipinski definition) is 3. The second-order valence-corrected chi connectivity index (χ2v) is 5.73. The topological polar surface area (TPSA) is 70.2 Å². The van der Waals surface area contributed by atoms with Crippen LogP contribution in [0.25, 0.3) is 0 Å². The van der Waals surface area contributed by atoms with Crippen molar-refractivity contribution in [3.05, 3.63) is 0 Å². The maximum Gasteiger partial charge on any atom is 0.277 e. The van der Waals surface area contributed by atoms with Crippen LogP contribution >= 0.6 is 0 Å². The summed E-state index contributed by atoms with van der Waals surface area (Å²) < 4.78 is 28.4. The minimum absolute atomic E-state index is 0.0336. The van der Waals surface area contributed by atoms with Gasteiger partial charge < -0.3 is 5.32 Å². The van der Waals surface area contributed by atoms with E-state index in [1.54, 1.807) is 0 Å². The Morgan fingerprint density at radius 1 is 1.21 bits per heavy atom. The maximum atomic E-state index is 11.5. The zero-order valence-corrected chi connectivity index (χ0v) is 9.10. The molecule has 5 nitrogen and oxygen atoms in total. The van der Waals surface area contributed by atoms with Crippen molar-refractivity contribution in [3.8, 4) is 0 Å². The van der Waals surface area contributed by atoms with E-state index < -0.39 is 10.2 Å². The number of hydrogen-bond donors (Lipinski definition) is 3. The molecule has 2 atom stereocenters. The molecular formula is C8H17N3O2S. The first-order valence-corrected chi connectivity index (χ1v) is 6.55. The molecule has 2 unspecified atom stereocenters. The largest absolute Gasteiger partial charge is 0.315 e. The Morgan fingerprint density at radius 3 is 2.43 bits per heavy atom. The van der Waals surface area contributed by atoms with Crippen molar-refractivity contribution in [1.82, 2.24) is 14.8 Å². The van der Waals surface area contributed by atoms with Crippen LogP contribution in [0.2, 0.25) is 0 Å². The van der Waals surface area contributed by atoms with Gasteiger partial charge in [-0.1, -0.05) is 6.92 Å². The van der Waals surface area contributed by atoms with Gasteiger partial charge in [0.05, 0.1) is 0 Å². The van der Waals surface area contributed by atoms with Crippen LogP contribution in [0.1, 0.15) is 19.8 Å². The van der Waals surface area contributed by atoms with E-state index in [-0.39, 0.29) is 12.1 Å². The van der Waals surface area contributed by atoms with Gasteiger partial charge in [-0.3, -0.25) is 0 Å². The van der Waals surface area contributed by atoms with E-state index >= 15 is 0 Å². The molecule has 2 rings (SSSR count). The molecule has 0 aromatic carbocycles. The Kier molecular flexibility index (Phi) is 2.79. The van der Waals surface area contributed by atoms with Crippen LogP contribution in [0.4, 0.5) is 0 Å². The first-order valence-electron chi connectivity index (χ1n) is 5.07. The van der Waals surface area contributed by atoms with Crippen molar-refractivity contribution in [2.45, 2.75) is 31.8 Å². The normalized spacial score (nSPS) is 33.5. The van der Waals surface area contributed by atoms with Crippen molar-refractivity contribution >= 4 is 10.2 Å². The zero-order valence-electron chi connectivity index (χ0n) is 8.29. The average Bonchev–Trinajstić information content (AvgIpc) is 2.77. The minimum Gasteiger partial charge on any atom is -0.315 e. The summed E-state index contributed by atoms with van der Waals surface area (Å²) in [4.78, 5) is 0. The molecule has 0 amide bonds. The summed E-state index contributed by atoms with van der Waals surface area (Å²) >= 11 is 0. The molecule has 0 bridgehead atoms. The van der Waals surface area contributed by atoms with Crippen molar-refractivity contribution in [2.24, 2.45) is 5.92 Å². The molecule has 2 aliphatic rings. The molecule has 1 aliphatic heterocycles. The fourth-order valence-corrected chi connectivity index (χ4v) is 3.08. The van der Waals surface area contributed by atoms with E-state index in [1.807, 2.05) is 6.92 Å². The van der Waals surface area contributed by atoms with Gasteiger partial charge in [-0.05, 0) is 25.3 Å². The minimum atomic E-state index is -3.27. The maximum absolute atomic E-state index is 11.5. The van der Waals surface area contributed by atoms with E-state index in [1.165, 1.54) is 0 Å². The highest BCUT2D eigenvalue weighted by Gasteiger charge is 2.31. The Balaban J connectivity index is 1.88. The summed E-state index contributed by atoms with van der Waals surface area (Å²) in [5, 5.41) is 3.16. The van der Waals surface area contributed by atoms with Crippen molar-refractivity contribution in [1.29, 1.82) is 0 Å². The second kappa shape index (κ2) is 3.77. The molecule has 1 heterocycles. The van der Waals surface area contributed by atoms with Crippen LogP contribution in [0.15, 0.2) is 0 Å². The Labute approximate surface area is 84.8 Å². The van der Waals surface area contributed by atoms with E-state index in [2.05, 4.69) is 14.8 Å². The fourth-order valence-electron chi connectivity index (χ4n) is 1.62. The summed E-state index contributed by atoms with van der Waals surface area (Å²) in [6.45, 7) is 3.66. The summed E-state index contributed by atoms with van der Waals surface area (Å²) in [5.74, 6) is 0.366. The summed E-state index contributed by atoms with van der Waals surface area (Å²) in [6, 6.07) is 0.211. The summed E-state index contributed by atoms with van der Waals surface area (Å²) in [5.41, 5.74) is 0. The average molecular weight is 219 g/mol. The van der Waals surface area contributed by atoms with Crippen LogP contribution in [0, 0.1) is 5.92 Å². The van der Waals surface area contributed by atoms with Gasteiger partial charge >= 0.3 is 0 Å². The summed E-state index contributed by atoms with van der Waals surface area (Å²) in [7, 11) is -3.27. The van der Waals surface area contributed by atoms with Gasteiger partial charge in [0.15, 0.2) is 0 Å². The fraction of sp³-hybridized carbons (Fsp3) is 1.00. The number of nitrogens with one attached hydrogen (secondary N) is 3. The number of rotatable bonds is 4. The quantitative estimate of drug-likeness (QED) is 0.578. The molecule has 14 heavy (non-hydrogen) atoms. The molecular weight excluding hydrogens is 202 g/mol. The van der Waals surface area contributed by atoms with Gasteiger partial charge in [-0.25, -0.2) is 0 Å². The van der Waals surface area contributed by atoms with Gasteiger partial charge in [0.2, 0.25) is 0 Å². The lowest BCUT2D eigenvalue weighted by atomic mass is 10.1. The van der Waals surface area contributed by atoms with Gasteiger partial charge in [0.25, 0.3) is 10.2 Å². The SMILES string of the molecule is CC1CNCC1NS(=O)(=O)NC1CC1. The second-order valence-electron chi connectivity index (χ2n) is 4.26. The third-order valence-electron chi connectivity index (χ3n) is 2.72. The van der Waals surface area contributed by atoms with Crippen LogP contribution in [-0.2, 0) is 10.2 Å². The van der Waals surface area contributed by atoms with Crippen LogP contribution in [0.3, 0.4) is 0 Å². The van der Waals surface area contributed by atoms with Crippen LogP contribution in [0.5, 0.6) is 0 Å². The lowest BCUT2D eigenvalue weighted by Crippen LogP contribution is -2.46. The standard InChI is InChI=1S/C8H17N3O2S/c1-6-4-9-5-8(6)11-14(12,13)10-7-2-3-7/h6-11H,2-5H2,1H3. The lowest BCUT2D eigenvalue weighted by Gasteiger charge is -2.16.